The number of nitrogens with zero attached hydrogens (tertiary/aromatic N) is 1. The molecule has 0 fully saturated rings. The van der Waals surface area contributed by atoms with Gasteiger partial charge in [-0.25, -0.2) is 0 Å². The Labute approximate surface area is 153 Å². The number of hydrogen-bond acceptors (Lipinski definition) is 3. The van der Waals surface area contributed by atoms with Crippen LogP contribution in [0.4, 0.5) is 17.1 Å². The maximum absolute atomic E-state index is 12.6. The first-order chi connectivity index (χ1) is 12.7. The third-order valence-corrected chi connectivity index (χ3v) is 4.58. The fourth-order valence-electron chi connectivity index (χ4n) is 3.23. The highest BCUT2D eigenvalue weighted by Crippen LogP contribution is 2.27. The Morgan fingerprint density at radius 3 is 2.42 bits per heavy atom. The minimum absolute atomic E-state index is 0.0929. The number of amides is 1. The lowest BCUT2D eigenvalue weighted by molar-refractivity contribution is 0.0950. The van der Waals surface area contributed by atoms with Crippen LogP contribution in [0.5, 0.6) is 0 Å². The van der Waals surface area contributed by atoms with Crippen molar-refractivity contribution in [1.29, 1.82) is 0 Å². The molecule has 0 atom stereocenters. The Hall–Kier alpha value is -3.27. The summed E-state index contributed by atoms with van der Waals surface area (Å²) in [6.07, 6.45) is 0.956. The number of hydrazine groups is 1. The molecule has 2 N–H and O–H groups in total. The maximum atomic E-state index is 12.6. The van der Waals surface area contributed by atoms with Gasteiger partial charge in [0.1, 0.15) is 0 Å². The van der Waals surface area contributed by atoms with Gasteiger partial charge < -0.3 is 5.32 Å². The number of aryl methyl sites for hydroxylation is 1. The molecule has 0 saturated heterocycles. The van der Waals surface area contributed by atoms with Crippen molar-refractivity contribution in [2.24, 2.45) is 0 Å². The summed E-state index contributed by atoms with van der Waals surface area (Å²) < 4.78 is 0. The second-order valence-electron chi connectivity index (χ2n) is 6.54. The van der Waals surface area contributed by atoms with Crippen molar-refractivity contribution in [3.05, 3.63) is 89.5 Å². The van der Waals surface area contributed by atoms with Gasteiger partial charge in [0, 0.05) is 23.5 Å². The smallest absolute Gasteiger partial charge is 0.269 e. The van der Waals surface area contributed by atoms with Gasteiger partial charge in [-0.05, 0) is 61.4 Å². The Morgan fingerprint density at radius 2 is 1.65 bits per heavy atom. The summed E-state index contributed by atoms with van der Waals surface area (Å²) in [6.45, 7) is 2.89. The van der Waals surface area contributed by atoms with Gasteiger partial charge in [0.2, 0.25) is 0 Å². The highest BCUT2D eigenvalue weighted by atomic mass is 16.2. The lowest BCUT2D eigenvalue weighted by Crippen LogP contribution is -2.41. The van der Waals surface area contributed by atoms with Crippen LogP contribution in [0.1, 0.15) is 21.5 Å². The molecule has 3 aromatic rings. The lowest BCUT2D eigenvalue weighted by Gasteiger charge is -2.20. The molecule has 1 heterocycles. The van der Waals surface area contributed by atoms with Gasteiger partial charge in [-0.1, -0.05) is 35.9 Å². The van der Waals surface area contributed by atoms with Crippen LogP contribution in [0.25, 0.3) is 0 Å². The van der Waals surface area contributed by atoms with Gasteiger partial charge in [-0.2, -0.15) is 0 Å². The van der Waals surface area contributed by atoms with Crippen molar-refractivity contribution in [2.75, 3.05) is 16.9 Å². The van der Waals surface area contributed by atoms with Crippen LogP contribution in [0, 0.1) is 6.92 Å². The molecule has 0 radical (unpaired) electrons. The number of rotatable bonds is 4. The normalized spacial score (nSPS) is 12.6. The van der Waals surface area contributed by atoms with E-state index in [9.17, 15) is 4.79 Å². The number of nitrogens with one attached hydrogen (secondary N) is 2. The summed E-state index contributed by atoms with van der Waals surface area (Å²) in [5.74, 6) is -0.0929. The molecule has 3 aromatic carbocycles. The first-order valence-corrected chi connectivity index (χ1v) is 8.79. The topological polar surface area (TPSA) is 44.4 Å². The van der Waals surface area contributed by atoms with Crippen molar-refractivity contribution in [2.45, 2.75) is 13.3 Å². The van der Waals surface area contributed by atoms with Crippen LogP contribution in [-0.2, 0) is 6.42 Å². The maximum Gasteiger partial charge on any atom is 0.269 e. The van der Waals surface area contributed by atoms with E-state index in [1.165, 1.54) is 11.1 Å². The standard InChI is InChI=1S/C22H21N3O/c1-16-7-12-21-18(15-16)13-14-25(21)24-22(26)17-8-10-20(11-9-17)23-19-5-3-2-4-6-19/h2-12,15,23H,13-14H2,1H3,(H,24,26). The summed E-state index contributed by atoms with van der Waals surface area (Å²) in [5, 5.41) is 5.26. The molecule has 4 nitrogen and oxygen atoms in total. The summed E-state index contributed by atoms with van der Waals surface area (Å²) >= 11 is 0. The number of benzene rings is 3. The predicted octanol–water partition coefficient (Wildman–Crippen LogP) is 4.45. The van der Waals surface area contributed by atoms with Crippen molar-refractivity contribution < 1.29 is 4.79 Å². The van der Waals surface area contributed by atoms with E-state index in [0.717, 1.165) is 30.0 Å². The van der Waals surface area contributed by atoms with Gasteiger partial charge in [-0.3, -0.25) is 15.2 Å². The molecule has 0 aliphatic carbocycles. The molecular weight excluding hydrogens is 322 g/mol. The lowest BCUT2D eigenvalue weighted by atomic mass is 10.1. The molecule has 0 saturated carbocycles. The molecule has 4 heteroatoms. The van der Waals surface area contributed by atoms with E-state index in [1.807, 2.05) is 59.6 Å². The predicted molar refractivity (Wildman–Crippen MR) is 106 cm³/mol. The number of anilines is 3. The Bertz CT molecular complexity index is 920. The van der Waals surface area contributed by atoms with E-state index >= 15 is 0 Å². The number of fused-ring (bicyclic) bond motifs is 1. The molecule has 26 heavy (non-hydrogen) atoms. The van der Waals surface area contributed by atoms with Gasteiger partial charge in [0.05, 0.1) is 5.69 Å². The zero-order valence-electron chi connectivity index (χ0n) is 14.7. The van der Waals surface area contributed by atoms with Crippen LogP contribution in [0.3, 0.4) is 0 Å². The van der Waals surface area contributed by atoms with Crippen molar-refractivity contribution in [1.82, 2.24) is 5.43 Å². The van der Waals surface area contributed by atoms with Crippen LogP contribution in [0.2, 0.25) is 0 Å². The quantitative estimate of drug-likeness (QED) is 0.736. The summed E-state index contributed by atoms with van der Waals surface area (Å²) in [7, 11) is 0. The summed E-state index contributed by atoms with van der Waals surface area (Å²) in [6, 6.07) is 23.8. The molecule has 0 aromatic heterocycles. The van der Waals surface area contributed by atoms with Crippen LogP contribution in [0.15, 0.2) is 72.8 Å². The molecule has 1 amide bonds. The fraction of sp³-hybridized carbons (Fsp3) is 0.136. The Balaban J connectivity index is 1.43. The van der Waals surface area contributed by atoms with E-state index in [1.54, 1.807) is 0 Å². The monoisotopic (exact) mass is 343 g/mol. The first-order valence-electron chi connectivity index (χ1n) is 8.79. The molecule has 0 unspecified atom stereocenters. The third-order valence-electron chi connectivity index (χ3n) is 4.58. The molecule has 1 aliphatic rings. The van der Waals surface area contributed by atoms with E-state index < -0.39 is 0 Å². The molecule has 0 spiro atoms. The van der Waals surface area contributed by atoms with Crippen LogP contribution < -0.4 is 15.8 Å². The van der Waals surface area contributed by atoms with Crippen LogP contribution in [-0.4, -0.2) is 12.5 Å². The van der Waals surface area contributed by atoms with Gasteiger partial charge in [0.15, 0.2) is 0 Å². The van der Waals surface area contributed by atoms with Gasteiger partial charge >= 0.3 is 0 Å². The number of para-hydroxylation sites is 1. The largest absolute Gasteiger partial charge is 0.356 e. The fourth-order valence-corrected chi connectivity index (χ4v) is 3.23. The van der Waals surface area contributed by atoms with E-state index in [4.69, 9.17) is 0 Å². The van der Waals surface area contributed by atoms with Gasteiger partial charge in [-0.15, -0.1) is 0 Å². The van der Waals surface area contributed by atoms with Crippen molar-refractivity contribution in [3.63, 3.8) is 0 Å². The van der Waals surface area contributed by atoms with Crippen LogP contribution >= 0.6 is 0 Å². The molecular formula is C22H21N3O. The van der Waals surface area contributed by atoms with E-state index in [0.29, 0.717) is 5.56 Å². The second kappa shape index (κ2) is 6.92. The molecule has 130 valence electrons. The van der Waals surface area contributed by atoms with E-state index in [2.05, 4.69) is 35.9 Å². The minimum Gasteiger partial charge on any atom is -0.356 e. The first kappa shape index (κ1) is 16.2. The number of carbonyl (C=O) groups is 1. The summed E-state index contributed by atoms with van der Waals surface area (Å²) in [5.41, 5.74) is 9.25. The van der Waals surface area contributed by atoms with Gasteiger partial charge in [0.25, 0.3) is 5.91 Å². The van der Waals surface area contributed by atoms with Crippen molar-refractivity contribution >= 4 is 23.0 Å². The average Bonchev–Trinajstić information content (AvgIpc) is 3.05. The second-order valence-corrected chi connectivity index (χ2v) is 6.54. The molecule has 0 bridgehead atoms. The zero-order chi connectivity index (χ0) is 17.9. The number of hydrogen-bond donors (Lipinski definition) is 2. The highest BCUT2D eigenvalue weighted by Gasteiger charge is 2.21. The minimum atomic E-state index is -0.0929. The Kier molecular flexibility index (Phi) is 4.32. The summed E-state index contributed by atoms with van der Waals surface area (Å²) in [4.78, 5) is 12.6. The molecule has 4 rings (SSSR count). The van der Waals surface area contributed by atoms with Crippen molar-refractivity contribution in [3.8, 4) is 0 Å². The third kappa shape index (κ3) is 3.40. The average molecular weight is 343 g/mol. The number of carbonyl (C=O) groups excluding carboxylic acids is 1. The zero-order valence-corrected chi connectivity index (χ0v) is 14.7. The van der Waals surface area contributed by atoms with E-state index in [-0.39, 0.29) is 5.91 Å². The Morgan fingerprint density at radius 1 is 0.923 bits per heavy atom. The molecule has 1 aliphatic heterocycles. The highest BCUT2D eigenvalue weighted by molar-refractivity contribution is 5.95. The SMILES string of the molecule is Cc1ccc2c(c1)CCN2NC(=O)c1ccc(Nc2ccccc2)cc1.